The van der Waals surface area contributed by atoms with Crippen LogP contribution in [0.25, 0.3) is 10.6 Å². The van der Waals surface area contributed by atoms with Crippen molar-refractivity contribution < 1.29 is 0 Å². The van der Waals surface area contributed by atoms with E-state index in [1.807, 2.05) is 24.4 Å². The normalized spacial score (nSPS) is 17.5. The van der Waals surface area contributed by atoms with Crippen molar-refractivity contribution in [2.24, 2.45) is 0 Å². The van der Waals surface area contributed by atoms with E-state index in [0.29, 0.717) is 0 Å². The number of rotatable bonds is 0. The van der Waals surface area contributed by atoms with Gasteiger partial charge in [0.15, 0.2) is 0 Å². The molecule has 1 atom stereocenters. The number of hydrogen-bond acceptors (Lipinski definition) is 1. The van der Waals surface area contributed by atoms with E-state index in [0.717, 1.165) is 26.3 Å². The Hall–Kier alpha value is -1.12. The van der Waals surface area contributed by atoms with Crippen LogP contribution in [0, 0.1) is 0 Å². The highest BCUT2D eigenvalue weighted by Gasteiger charge is 2.21. The number of pyridine rings is 1. The van der Waals surface area contributed by atoms with Crippen molar-refractivity contribution in [1.82, 2.24) is 4.98 Å². The summed E-state index contributed by atoms with van der Waals surface area (Å²) >= 11 is 9.71. The third-order valence-corrected chi connectivity index (χ3v) is 4.19. The maximum absolute atomic E-state index is 6.08. The lowest BCUT2D eigenvalue weighted by atomic mass is 9.93. The van der Waals surface area contributed by atoms with Crippen LogP contribution in [0.1, 0.15) is 35.2 Å². The summed E-state index contributed by atoms with van der Waals surface area (Å²) in [5.74, 6) is 0.264. The molecule has 0 bridgehead atoms. The number of fused-ring (bicyclic) bond motifs is 2. The fourth-order valence-electron chi connectivity index (χ4n) is 2.39. The maximum Gasteiger partial charge on any atom is 0.0559 e. The molecule has 1 nitrogen and oxygen atoms in total. The Kier molecular flexibility index (Phi) is 3.00. The van der Waals surface area contributed by atoms with Gasteiger partial charge in [-0.2, -0.15) is 0 Å². The molecule has 18 heavy (non-hydrogen) atoms. The summed E-state index contributed by atoms with van der Waals surface area (Å²) in [5.41, 5.74) is 4.66. The van der Waals surface area contributed by atoms with E-state index in [1.54, 1.807) is 0 Å². The molecular weight excluding hydrogens is 310 g/mol. The molecule has 3 rings (SSSR count). The minimum atomic E-state index is 0.264. The monoisotopic (exact) mass is 319 g/mol. The van der Waals surface area contributed by atoms with Gasteiger partial charge in [-0.3, -0.25) is 4.98 Å². The lowest BCUT2D eigenvalue weighted by Gasteiger charge is -2.14. The number of hydrogen-bond donors (Lipinski definition) is 0. The summed E-state index contributed by atoms with van der Waals surface area (Å²) in [6.45, 7) is 2.18. The minimum Gasteiger partial charge on any atom is -0.260 e. The quantitative estimate of drug-likeness (QED) is 0.658. The fourth-order valence-corrected chi connectivity index (χ4v) is 3.15. The molecule has 90 valence electrons. The second kappa shape index (κ2) is 4.52. The number of benzene rings is 1. The molecule has 1 aromatic heterocycles. The highest BCUT2D eigenvalue weighted by Crippen LogP contribution is 2.39. The Bertz CT molecular complexity index is 649. The average Bonchev–Trinajstić information content (AvgIpc) is 2.47. The number of nitrogens with zero attached hydrogens (tertiary/aromatic N) is 1. The molecule has 0 fully saturated rings. The van der Waals surface area contributed by atoms with Crippen LogP contribution >= 0.6 is 27.5 Å². The average molecular weight is 321 g/mol. The molecule has 1 aliphatic rings. The van der Waals surface area contributed by atoms with Crippen molar-refractivity contribution >= 4 is 38.1 Å². The van der Waals surface area contributed by atoms with Crippen molar-refractivity contribution in [3.05, 3.63) is 63.9 Å². The van der Waals surface area contributed by atoms with Gasteiger partial charge in [-0.15, -0.1) is 0 Å². The van der Waals surface area contributed by atoms with E-state index in [2.05, 4.69) is 46.0 Å². The van der Waals surface area contributed by atoms with E-state index in [-0.39, 0.29) is 5.92 Å². The first kappa shape index (κ1) is 11.9. The molecule has 0 aliphatic heterocycles. The predicted molar refractivity (Wildman–Crippen MR) is 80.0 cm³/mol. The second-order valence-corrected chi connectivity index (χ2v) is 5.71. The van der Waals surface area contributed by atoms with Crippen molar-refractivity contribution in [2.45, 2.75) is 12.8 Å². The molecule has 0 N–H and O–H groups in total. The topological polar surface area (TPSA) is 12.9 Å². The third-order valence-electron chi connectivity index (χ3n) is 3.30. The minimum absolute atomic E-state index is 0.264. The molecule has 0 saturated heterocycles. The molecule has 1 aromatic carbocycles. The highest BCUT2D eigenvalue weighted by molar-refractivity contribution is 9.15. The van der Waals surface area contributed by atoms with Crippen molar-refractivity contribution in [3.63, 3.8) is 0 Å². The summed E-state index contributed by atoms with van der Waals surface area (Å²) in [6.07, 6.45) is 3.96. The maximum atomic E-state index is 6.08. The molecule has 3 heteroatoms. The largest absolute Gasteiger partial charge is 0.260 e. The highest BCUT2D eigenvalue weighted by atomic mass is 79.9. The summed E-state index contributed by atoms with van der Waals surface area (Å²) in [4.78, 5) is 4.53. The number of aromatic nitrogens is 1. The first-order chi connectivity index (χ1) is 8.66. The summed E-state index contributed by atoms with van der Waals surface area (Å²) in [6, 6.07) is 10.1. The summed E-state index contributed by atoms with van der Waals surface area (Å²) < 4.78 is 1.05. The van der Waals surface area contributed by atoms with Gasteiger partial charge in [0.25, 0.3) is 0 Å². The molecule has 1 heterocycles. The van der Waals surface area contributed by atoms with Crippen molar-refractivity contribution in [3.8, 4) is 0 Å². The second-order valence-electron chi connectivity index (χ2n) is 4.42. The standard InChI is InChI=1S/C15H11BrClN/c1-9-12-5-4-11(17)7-10(12)8-14(16)13-3-2-6-18-15(9)13/h2-9H,1H3. The Labute approximate surface area is 120 Å². The zero-order valence-corrected chi connectivity index (χ0v) is 12.2. The zero-order valence-electron chi connectivity index (χ0n) is 9.82. The molecule has 2 aromatic rings. The van der Waals surface area contributed by atoms with Gasteiger partial charge in [-0.25, -0.2) is 0 Å². The molecule has 0 saturated carbocycles. The van der Waals surface area contributed by atoms with Crippen LogP contribution in [-0.4, -0.2) is 4.98 Å². The van der Waals surface area contributed by atoms with Gasteiger partial charge in [0.1, 0.15) is 0 Å². The van der Waals surface area contributed by atoms with Crippen LogP contribution in [0.15, 0.2) is 36.5 Å². The number of halogens is 2. The van der Waals surface area contributed by atoms with Crippen LogP contribution in [-0.2, 0) is 0 Å². The molecule has 1 aliphatic carbocycles. The van der Waals surface area contributed by atoms with Crippen LogP contribution in [0.2, 0.25) is 5.02 Å². The van der Waals surface area contributed by atoms with Gasteiger partial charge >= 0.3 is 0 Å². The van der Waals surface area contributed by atoms with E-state index in [9.17, 15) is 0 Å². The Balaban J connectivity index is 2.31. The predicted octanol–water partition coefficient (Wildman–Crippen LogP) is 5.09. The van der Waals surface area contributed by atoms with E-state index < -0.39 is 0 Å². The molecule has 1 unspecified atom stereocenters. The summed E-state index contributed by atoms with van der Waals surface area (Å²) in [7, 11) is 0. The first-order valence-electron chi connectivity index (χ1n) is 5.79. The van der Waals surface area contributed by atoms with Crippen LogP contribution in [0.3, 0.4) is 0 Å². The van der Waals surface area contributed by atoms with Crippen LogP contribution in [0.5, 0.6) is 0 Å². The lowest BCUT2D eigenvalue weighted by Crippen LogP contribution is -2.02. The van der Waals surface area contributed by atoms with Crippen LogP contribution in [0.4, 0.5) is 0 Å². The Morgan fingerprint density at radius 1 is 1.28 bits per heavy atom. The van der Waals surface area contributed by atoms with E-state index >= 15 is 0 Å². The third kappa shape index (κ3) is 1.90. The van der Waals surface area contributed by atoms with E-state index in [1.165, 1.54) is 5.56 Å². The van der Waals surface area contributed by atoms with Gasteiger partial charge in [-0.1, -0.05) is 46.6 Å². The smallest absolute Gasteiger partial charge is 0.0559 e. The van der Waals surface area contributed by atoms with Crippen molar-refractivity contribution in [1.29, 1.82) is 0 Å². The van der Waals surface area contributed by atoms with Gasteiger partial charge in [0.05, 0.1) is 5.69 Å². The zero-order chi connectivity index (χ0) is 12.7. The van der Waals surface area contributed by atoms with Gasteiger partial charge in [0, 0.05) is 27.2 Å². The Morgan fingerprint density at radius 3 is 2.94 bits per heavy atom. The lowest BCUT2D eigenvalue weighted by molar-refractivity contribution is 0.868. The Morgan fingerprint density at radius 2 is 2.11 bits per heavy atom. The van der Waals surface area contributed by atoms with Crippen molar-refractivity contribution in [2.75, 3.05) is 0 Å². The van der Waals surface area contributed by atoms with Gasteiger partial charge in [0.2, 0.25) is 0 Å². The molecular formula is C15H11BrClN. The molecule has 0 radical (unpaired) electrons. The molecule has 0 spiro atoms. The first-order valence-corrected chi connectivity index (χ1v) is 6.96. The SMILES string of the molecule is CC1c2ccc(Cl)cc2C=C(Br)c2cccnc21. The van der Waals surface area contributed by atoms with Crippen LogP contribution < -0.4 is 0 Å². The van der Waals surface area contributed by atoms with Gasteiger partial charge in [-0.05, 0) is 35.4 Å². The van der Waals surface area contributed by atoms with E-state index in [4.69, 9.17) is 11.6 Å². The summed E-state index contributed by atoms with van der Waals surface area (Å²) in [5, 5.41) is 0.761. The van der Waals surface area contributed by atoms with Gasteiger partial charge < -0.3 is 0 Å². The fraction of sp³-hybridized carbons (Fsp3) is 0.133. The molecule has 0 amide bonds.